The number of morpholine rings is 1. The van der Waals surface area contributed by atoms with Crippen LogP contribution in [0.3, 0.4) is 0 Å². The maximum atomic E-state index is 13.3. The third-order valence-electron chi connectivity index (χ3n) is 6.17. The zero-order chi connectivity index (χ0) is 25.5. The topological polar surface area (TPSA) is 72.0 Å². The highest BCUT2D eigenvalue weighted by molar-refractivity contribution is 5.94. The van der Waals surface area contributed by atoms with E-state index in [1.54, 1.807) is 35.2 Å². The van der Waals surface area contributed by atoms with Crippen LogP contribution < -0.4 is 4.74 Å². The second-order valence-electron chi connectivity index (χ2n) is 9.10. The molecule has 1 aliphatic heterocycles. The van der Waals surface area contributed by atoms with Crippen LogP contribution in [0, 0.1) is 12.7 Å². The first-order valence-electron chi connectivity index (χ1n) is 11.9. The van der Waals surface area contributed by atoms with Crippen LogP contribution in [0.25, 0.3) is 0 Å². The first-order chi connectivity index (χ1) is 17.3. The lowest BCUT2D eigenvalue weighted by molar-refractivity contribution is -0.152. The molecule has 3 aromatic rings. The highest BCUT2D eigenvalue weighted by Gasteiger charge is 2.42. The van der Waals surface area contributed by atoms with Gasteiger partial charge in [0.2, 0.25) is 5.91 Å². The number of amides is 2. The maximum Gasteiger partial charge on any atom is 0.255 e. The van der Waals surface area contributed by atoms with Crippen LogP contribution in [0.1, 0.15) is 28.0 Å². The molecule has 0 saturated carbocycles. The molecule has 2 amide bonds. The van der Waals surface area contributed by atoms with Gasteiger partial charge in [-0.05, 0) is 48.9 Å². The van der Waals surface area contributed by atoms with Gasteiger partial charge in [0, 0.05) is 32.0 Å². The number of carbonyl (C=O) groups is 2. The van der Waals surface area contributed by atoms with Gasteiger partial charge in [-0.15, -0.1) is 0 Å². The number of aromatic nitrogens is 1. The largest absolute Gasteiger partial charge is 0.490 e. The Morgan fingerprint density at radius 2 is 1.86 bits per heavy atom. The standard InChI is InChI=1S/C28H30FN3O4/c1-21-8-9-23(17-30-21)27(34)32-14-15-36-28(19-32,20-35-25-12-10-24(29)11-13-25)16-26(33)31(2)18-22-6-4-3-5-7-22/h3-13,17H,14-16,18-20H2,1-2H3/t28-/m1/s1. The number of carbonyl (C=O) groups excluding carboxylic acids is 2. The highest BCUT2D eigenvalue weighted by atomic mass is 19.1. The van der Waals surface area contributed by atoms with Gasteiger partial charge >= 0.3 is 0 Å². The predicted molar refractivity (Wildman–Crippen MR) is 133 cm³/mol. The summed E-state index contributed by atoms with van der Waals surface area (Å²) >= 11 is 0. The molecule has 0 aliphatic carbocycles. The molecule has 36 heavy (non-hydrogen) atoms. The van der Waals surface area contributed by atoms with Crippen LogP contribution in [0.15, 0.2) is 72.9 Å². The van der Waals surface area contributed by atoms with Crippen LogP contribution in [-0.4, -0.2) is 65.6 Å². The Labute approximate surface area is 210 Å². The average Bonchev–Trinajstić information content (AvgIpc) is 2.89. The number of aryl methyl sites for hydroxylation is 1. The number of hydrogen-bond donors (Lipinski definition) is 0. The lowest BCUT2D eigenvalue weighted by Crippen LogP contribution is -2.58. The predicted octanol–water partition coefficient (Wildman–Crippen LogP) is 3.87. The van der Waals surface area contributed by atoms with Crippen molar-refractivity contribution in [3.05, 3.63) is 95.6 Å². The molecule has 2 heterocycles. The Kier molecular flexibility index (Phi) is 7.95. The fourth-order valence-corrected chi connectivity index (χ4v) is 4.14. The van der Waals surface area contributed by atoms with E-state index in [4.69, 9.17) is 9.47 Å². The van der Waals surface area contributed by atoms with E-state index in [-0.39, 0.29) is 43.8 Å². The van der Waals surface area contributed by atoms with Gasteiger partial charge in [-0.2, -0.15) is 0 Å². The normalized spacial score (nSPS) is 17.5. The molecule has 1 aromatic heterocycles. The molecule has 1 fully saturated rings. The van der Waals surface area contributed by atoms with Crippen molar-refractivity contribution in [2.24, 2.45) is 0 Å². The molecule has 0 unspecified atom stereocenters. The molecule has 0 bridgehead atoms. The summed E-state index contributed by atoms with van der Waals surface area (Å²) in [6, 6.07) is 18.9. The van der Waals surface area contributed by atoms with Crippen molar-refractivity contribution in [1.29, 1.82) is 0 Å². The monoisotopic (exact) mass is 491 g/mol. The van der Waals surface area contributed by atoms with Gasteiger partial charge in [-0.3, -0.25) is 14.6 Å². The second kappa shape index (κ2) is 11.3. The molecule has 4 rings (SSSR count). The van der Waals surface area contributed by atoms with Gasteiger partial charge in [-0.1, -0.05) is 30.3 Å². The zero-order valence-electron chi connectivity index (χ0n) is 20.5. The molecule has 0 spiro atoms. The number of nitrogens with zero attached hydrogens (tertiary/aromatic N) is 3. The molecule has 1 saturated heterocycles. The lowest BCUT2D eigenvalue weighted by Gasteiger charge is -2.42. The minimum Gasteiger partial charge on any atom is -0.490 e. The Morgan fingerprint density at radius 3 is 2.56 bits per heavy atom. The van der Waals surface area contributed by atoms with Gasteiger partial charge in [0.25, 0.3) is 5.91 Å². The summed E-state index contributed by atoms with van der Waals surface area (Å²) in [6.07, 6.45) is 1.58. The molecule has 0 radical (unpaired) electrons. The van der Waals surface area contributed by atoms with Crippen molar-refractivity contribution in [2.75, 3.05) is 33.4 Å². The average molecular weight is 492 g/mol. The first kappa shape index (κ1) is 25.3. The van der Waals surface area contributed by atoms with Crippen LogP contribution >= 0.6 is 0 Å². The lowest BCUT2D eigenvalue weighted by atomic mass is 9.96. The van der Waals surface area contributed by atoms with E-state index in [1.807, 2.05) is 37.3 Å². The van der Waals surface area contributed by atoms with Crippen molar-refractivity contribution in [3.8, 4) is 5.75 Å². The summed E-state index contributed by atoms with van der Waals surface area (Å²) < 4.78 is 25.4. The highest BCUT2D eigenvalue weighted by Crippen LogP contribution is 2.27. The van der Waals surface area contributed by atoms with E-state index >= 15 is 0 Å². The number of hydrogen-bond acceptors (Lipinski definition) is 5. The van der Waals surface area contributed by atoms with Crippen LogP contribution in [0.2, 0.25) is 0 Å². The quantitative estimate of drug-likeness (QED) is 0.479. The number of benzene rings is 2. The molecule has 1 aliphatic rings. The molecule has 188 valence electrons. The van der Waals surface area contributed by atoms with Gasteiger partial charge < -0.3 is 19.3 Å². The van der Waals surface area contributed by atoms with Gasteiger partial charge in [0.15, 0.2) is 0 Å². The Morgan fingerprint density at radius 1 is 1.11 bits per heavy atom. The third kappa shape index (κ3) is 6.46. The van der Waals surface area contributed by atoms with Gasteiger partial charge in [0.1, 0.15) is 23.8 Å². The fraction of sp³-hybridized carbons (Fsp3) is 0.321. The molecule has 1 atom stereocenters. The summed E-state index contributed by atoms with van der Waals surface area (Å²) in [5, 5.41) is 0. The number of rotatable bonds is 8. The molecule has 8 heteroatoms. The number of pyridine rings is 1. The van der Waals surface area contributed by atoms with E-state index in [0.717, 1.165) is 11.3 Å². The van der Waals surface area contributed by atoms with E-state index in [1.165, 1.54) is 24.3 Å². The summed E-state index contributed by atoms with van der Waals surface area (Å²) in [4.78, 5) is 34.1. The first-order valence-corrected chi connectivity index (χ1v) is 11.9. The van der Waals surface area contributed by atoms with Crippen molar-refractivity contribution in [2.45, 2.75) is 25.5 Å². The van der Waals surface area contributed by atoms with Crippen molar-refractivity contribution >= 4 is 11.8 Å². The SMILES string of the molecule is Cc1ccc(C(=O)N2CCO[C@](COc3ccc(F)cc3)(CC(=O)N(C)Cc3ccccc3)C2)cn1. The maximum absolute atomic E-state index is 13.3. The smallest absolute Gasteiger partial charge is 0.255 e. The zero-order valence-corrected chi connectivity index (χ0v) is 20.5. The molecular weight excluding hydrogens is 461 g/mol. The Bertz CT molecular complexity index is 1170. The van der Waals surface area contributed by atoms with Crippen LogP contribution in [0.5, 0.6) is 5.75 Å². The van der Waals surface area contributed by atoms with Crippen molar-refractivity contribution in [3.63, 3.8) is 0 Å². The van der Waals surface area contributed by atoms with Crippen LogP contribution in [-0.2, 0) is 16.1 Å². The Balaban J connectivity index is 1.52. The van der Waals surface area contributed by atoms with E-state index in [0.29, 0.717) is 24.4 Å². The summed E-state index contributed by atoms with van der Waals surface area (Å²) in [5.41, 5.74) is 1.24. The van der Waals surface area contributed by atoms with Gasteiger partial charge in [-0.25, -0.2) is 4.39 Å². The molecular formula is C28H30FN3O4. The minimum absolute atomic E-state index is 0.0213. The fourth-order valence-electron chi connectivity index (χ4n) is 4.14. The summed E-state index contributed by atoms with van der Waals surface area (Å²) in [7, 11) is 1.74. The molecule has 2 aromatic carbocycles. The minimum atomic E-state index is -1.07. The number of ether oxygens (including phenoxy) is 2. The van der Waals surface area contributed by atoms with E-state index < -0.39 is 5.60 Å². The van der Waals surface area contributed by atoms with Gasteiger partial charge in [0.05, 0.1) is 25.1 Å². The third-order valence-corrected chi connectivity index (χ3v) is 6.17. The van der Waals surface area contributed by atoms with Crippen molar-refractivity contribution < 1.29 is 23.5 Å². The van der Waals surface area contributed by atoms with E-state index in [9.17, 15) is 14.0 Å². The van der Waals surface area contributed by atoms with E-state index in [2.05, 4.69) is 4.98 Å². The Hall–Kier alpha value is -3.78. The number of halogens is 1. The summed E-state index contributed by atoms with van der Waals surface area (Å²) in [5.74, 6) is -0.224. The second-order valence-corrected chi connectivity index (χ2v) is 9.10. The summed E-state index contributed by atoms with van der Waals surface area (Å²) in [6.45, 7) is 3.16. The van der Waals surface area contributed by atoms with Crippen molar-refractivity contribution in [1.82, 2.24) is 14.8 Å². The van der Waals surface area contributed by atoms with Crippen LogP contribution in [0.4, 0.5) is 4.39 Å². The molecule has 0 N–H and O–H groups in total. The molecule has 7 nitrogen and oxygen atoms in total.